The summed E-state index contributed by atoms with van der Waals surface area (Å²) in [5, 5.41) is 5.00. The molecule has 0 N–H and O–H groups in total. The maximum absolute atomic E-state index is 4.72. The molecule has 3 aromatic carbocycles. The maximum atomic E-state index is 4.72. The van der Waals surface area contributed by atoms with Gasteiger partial charge < -0.3 is 0 Å². The van der Waals surface area contributed by atoms with Gasteiger partial charge in [-0.05, 0) is 22.9 Å². The maximum Gasteiger partial charge on any atom is 0.132 e. The van der Waals surface area contributed by atoms with E-state index in [4.69, 9.17) is 9.97 Å². The van der Waals surface area contributed by atoms with Crippen LogP contribution in [0.2, 0.25) is 0 Å². The van der Waals surface area contributed by atoms with Gasteiger partial charge in [0.2, 0.25) is 0 Å². The monoisotopic (exact) mass is 276 g/mol. The van der Waals surface area contributed by atoms with Crippen LogP contribution in [0.4, 0.5) is 0 Å². The summed E-state index contributed by atoms with van der Waals surface area (Å²) in [6, 6.07) is 14.9. The van der Waals surface area contributed by atoms with Crippen molar-refractivity contribution in [1.82, 2.24) is 9.97 Å². The minimum Gasteiger partial charge on any atom is -0.233 e. The SMILES string of the molecule is CC.CC(C)c1nc2ccc3cccc4ccc(n1)c2c34. The highest BCUT2D eigenvalue weighted by Gasteiger charge is 2.12. The molecular formula is C19H20N2. The first-order valence-electron chi connectivity index (χ1n) is 7.65. The zero-order valence-corrected chi connectivity index (χ0v) is 13.0. The third kappa shape index (κ3) is 2.11. The fraction of sp³-hybridized carbons (Fsp3) is 0.263. The van der Waals surface area contributed by atoms with Crippen molar-refractivity contribution in [3.8, 4) is 0 Å². The van der Waals surface area contributed by atoms with Crippen molar-refractivity contribution in [3.63, 3.8) is 0 Å². The first kappa shape index (κ1) is 13.7. The molecule has 2 nitrogen and oxygen atoms in total. The Morgan fingerprint density at radius 3 is 1.71 bits per heavy atom. The molecule has 0 amide bonds. The smallest absolute Gasteiger partial charge is 0.132 e. The Labute approximate surface area is 125 Å². The van der Waals surface area contributed by atoms with E-state index in [0.29, 0.717) is 5.92 Å². The summed E-state index contributed by atoms with van der Waals surface area (Å²) in [6.45, 7) is 8.26. The van der Waals surface area contributed by atoms with Crippen LogP contribution < -0.4 is 0 Å². The summed E-state index contributed by atoms with van der Waals surface area (Å²) in [6.07, 6.45) is 0. The molecule has 0 aliphatic carbocycles. The molecule has 4 aromatic rings. The molecule has 21 heavy (non-hydrogen) atoms. The number of hydrogen-bond acceptors (Lipinski definition) is 2. The van der Waals surface area contributed by atoms with Gasteiger partial charge in [-0.3, -0.25) is 0 Å². The number of rotatable bonds is 1. The van der Waals surface area contributed by atoms with Crippen molar-refractivity contribution >= 4 is 32.6 Å². The van der Waals surface area contributed by atoms with E-state index in [2.05, 4.69) is 56.3 Å². The molecule has 0 fully saturated rings. The normalized spacial score (nSPS) is 11.3. The Balaban J connectivity index is 0.000000636. The van der Waals surface area contributed by atoms with E-state index < -0.39 is 0 Å². The predicted octanol–water partition coefficient (Wildman–Crippen LogP) is 5.52. The zero-order valence-electron chi connectivity index (χ0n) is 13.0. The molecule has 0 unspecified atom stereocenters. The van der Waals surface area contributed by atoms with Crippen molar-refractivity contribution in [2.24, 2.45) is 0 Å². The van der Waals surface area contributed by atoms with Crippen LogP contribution in [-0.2, 0) is 0 Å². The molecule has 1 aromatic heterocycles. The molecule has 1 heterocycles. The highest BCUT2D eigenvalue weighted by Crippen LogP contribution is 2.33. The van der Waals surface area contributed by atoms with Crippen molar-refractivity contribution in [1.29, 1.82) is 0 Å². The van der Waals surface area contributed by atoms with Crippen LogP contribution in [-0.4, -0.2) is 9.97 Å². The molecule has 0 aliphatic heterocycles. The molecule has 0 bridgehead atoms. The summed E-state index contributed by atoms with van der Waals surface area (Å²) < 4.78 is 0. The lowest BCUT2D eigenvalue weighted by Gasteiger charge is -2.12. The Kier molecular flexibility index (Phi) is 3.46. The summed E-state index contributed by atoms with van der Waals surface area (Å²) >= 11 is 0. The second kappa shape index (κ2) is 5.28. The number of hydrogen-bond donors (Lipinski definition) is 0. The number of aromatic nitrogens is 2. The lowest BCUT2D eigenvalue weighted by Crippen LogP contribution is -1.99. The van der Waals surface area contributed by atoms with Gasteiger partial charge in [-0.25, -0.2) is 9.97 Å². The number of benzene rings is 3. The van der Waals surface area contributed by atoms with Crippen molar-refractivity contribution in [3.05, 3.63) is 48.3 Å². The highest BCUT2D eigenvalue weighted by molar-refractivity contribution is 6.21. The van der Waals surface area contributed by atoms with Gasteiger partial charge >= 0.3 is 0 Å². The van der Waals surface area contributed by atoms with Crippen LogP contribution in [0.3, 0.4) is 0 Å². The van der Waals surface area contributed by atoms with Gasteiger partial charge in [0.15, 0.2) is 0 Å². The molecule has 0 atom stereocenters. The van der Waals surface area contributed by atoms with E-state index in [9.17, 15) is 0 Å². The van der Waals surface area contributed by atoms with Gasteiger partial charge in [0.25, 0.3) is 0 Å². The van der Waals surface area contributed by atoms with E-state index in [1.807, 2.05) is 13.8 Å². The lowest BCUT2D eigenvalue weighted by molar-refractivity contribution is 0.789. The first-order chi connectivity index (χ1) is 10.2. The van der Waals surface area contributed by atoms with Crippen molar-refractivity contribution in [2.75, 3.05) is 0 Å². The van der Waals surface area contributed by atoms with E-state index in [1.165, 1.54) is 21.5 Å². The topological polar surface area (TPSA) is 25.8 Å². The van der Waals surface area contributed by atoms with E-state index in [0.717, 1.165) is 16.9 Å². The van der Waals surface area contributed by atoms with E-state index in [-0.39, 0.29) is 0 Å². The van der Waals surface area contributed by atoms with Crippen LogP contribution in [0.5, 0.6) is 0 Å². The average Bonchev–Trinajstić information content (AvgIpc) is 2.54. The van der Waals surface area contributed by atoms with Crippen LogP contribution in [0.15, 0.2) is 42.5 Å². The Morgan fingerprint density at radius 2 is 1.24 bits per heavy atom. The third-order valence-electron chi connectivity index (χ3n) is 3.72. The molecule has 106 valence electrons. The van der Waals surface area contributed by atoms with Crippen LogP contribution in [0, 0.1) is 0 Å². The van der Waals surface area contributed by atoms with Gasteiger partial charge in [0.05, 0.1) is 11.0 Å². The second-order valence-electron chi connectivity index (χ2n) is 5.36. The second-order valence-corrected chi connectivity index (χ2v) is 5.36. The largest absolute Gasteiger partial charge is 0.233 e. The quantitative estimate of drug-likeness (QED) is 0.427. The summed E-state index contributed by atoms with van der Waals surface area (Å²) in [5.74, 6) is 1.27. The molecule has 0 radical (unpaired) electrons. The third-order valence-corrected chi connectivity index (χ3v) is 3.72. The molecule has 0 saturated heterocycles. The average molecular weight is 276 g/mol. The Morgan fingerprint density at radius 1 is 0.714 bits per heavy atom. The summed E-state index contributed by atoms with van der Waals surface area (Å²) in [7, 11) is 0. The van der Waals surface area contributed by atoms with Gasteiger partial charge in [-0.2, -0.15) is 0 Å². The number of nitrogens with zero attached hydrogens (tertiary/aromatic N) is 2. The van der Waals surface area contributed by atoms with Crippen molar-refractivity contribution in [2.45, 2.75) is 33.6 Å². The fourth-order valence-electron chi connectivity index (χ4n) is 2.76. The molecule has 0 spiro atoms. The standard InChI is InChI=1S/C17H14N2.C2H6/c1-10(2)17-18-13-8-6-11-4-3-5-12-7-9-14(19-17)16(13)15(11)12;1-2/h3-10H,1-2H3;1-2H3. The highest BCUT2D eigenvalue weighted by atomic mass is 14.9. The minimum atomic E-state index is 0.349. The molecular weight excluding hydrogens is 256 g/mol. The van der Waals surface area contributed by atoms with Gasteiger partial charge in [-0.15, -0.1) is 0 Å². The summed E-state index contributed by atoms with van der Waals surface area (Å²) in [5.41, 5.74) is 2.11. The molecule has 0 aliphatic rings. The van der Waals surface area contributed by atoms with Crippen LogP contribution in [0.1, 0.15) is 39.4 Å². The van der Waals surface area contributed by atoms with Crippen molar-refractivity contribution < 1.29 is 0 Å². The summed E-state index contributed by atoms with van der Waals surface area (Å²) in [4.78, 5) is 9.43. The van der Waals surface area contributed by atoms with E-state index in [1.54, 1.807) is 0 Å². The molecule has 4 rings (SSSR count). The molecule has 0 saturated carbocycles. The van der Waals surface area contributed by atoms with Gasteiger partial charge in [0.1, 0.15) is 5.82 Å². The molecule has 2 heteroatoms. The van der Waals surface area contributed by atoms with Gasteiger partial charge in [-0.1, -0.05) is 58.0 Å². The fourth-order valence-corrected chi connectivity index (χ4v) is 2.76. The van der Waals surface area contributed by atoms with E-state index >= 15 is 0 Å². The Bertz CT molecular complexity index is 830. The van der Waals surface area contributed by atoms with Crippen LogP contribution in [0.25, 0.3) is 32.6 Å². The zero-order chi connectivity index (χ0) is 15.0. The van der Waals surface area contributed by atoms with Gasteiger partial charge in [0, 0.05) is 16.7 Å². The lowest BCUT2D eigenvalue weighted by atomic mass is 9.98. The minimum absolute atomic E-state index is 0.349. The predicted molar refractivity (Wildman–Crippen MR) is 91.2 cm³/mol. The first-order valence-corrected chi connectivity index (χ1v) is 7.65. The van der Waals surface area contributed by atoms with Crippen LogP contribution >= 0.6 is 0 Å². The Hall–Kier alpha value is -2.22.